The molecule has 5 aromatic heterocycles. The highest BCUT2D eigenvalue weighted by Crippen LogP contribution is 2.38. The third-order valence-electron chi connectivity index (χ3n) is 12.9. The van der Waals surface area contributed by atoms with Crippen molar-refractivity contribution < 1.29 is 4.79 Å². The van der Waals surface area contributed by atoms with Gasteiger partial charge in [-0.3, -0.25) is 14.8 Å². The topological polar surface area (TPSA) is 132 Å². The van der Waals surface area contributed by atoms with Gasteiger partial charge in [-0.05, 0) is 109 Å². The van der Waals surface area contributed by atoms with Crippen LogP contribution in [0.3, 0.4) is 0 Å². The molecule has 1 saturated heterocycles. The molecule has 0 aliphatic carbocycles. The maximum absolute atomic E-state index is 12.7. The van der Waals surface area contributed by atoms with Crippen molar-refractivity contribution in [3.8, 4) is 33.9 Å². The van der Waals surface area contributed by atoms with Crippen LogP contribution in [0.4, 0.5) is 17.1 Å². The molecule has 7 aromatic rings. The lowest BCUT2D eigenvalue weighted by atomic mass is 9.97. The van der Waals surface area contributed by atoms with Gasteiger partial charge in [0.15, 0.2) is 0 Å². The van der Waals surface area contributed by atoms with E-state index in [4.69, 9.17) is 19.9 Å². The second-order valence-electron chi connectivity index (χ2n) is 17.8. The molecule has 0 saturated carbocycles. The van der Waals surface area contributed by atoms with Gasteiger partial charge in [0.25, 0.3) is 0 Å². The Morgan fingerprint density at radius 2 is 1.35 bits per heavy atom. The van der Waals surface area contributed by atoms with E-state index in [1.54, 1.807) is 7.05 Å². The van der Waals surface area contributed by atoms with E-state index in [1.165, 1.54) is 16.2 Å². The zero-order valence-corrected chi connectivity index (χ0v) is 37.2. The zero-order chi connectivity index (χ0) is 43.4. The van der Waals surface area contributed by atoms with E-state index < -0.39 is 0 Å². The van der Waals surface area contributed by atoms with Crippen LogP contribution < -0.4 is 14.7 Å². The van der Waals surface area contributed by atoms with E-state index >= 15 is 0 Å². The molecule has 3 aliphatic heterocycles. The van der Waals surface area contributed by atoms with Crippen LogP contribution in [0.15, 0.2) is 79.1 Å². The van der Waals surface area contributed by atoms with Crippen molar-refractivity contribution in [1.82, 2.24) is 49.3 Å². The van der Waals surface area contributed by atoms with E-state index in [0.29, 0.717) is 25.2 Å². The van der Waals surface area contributed by atoms with Crippen molar-refractivity contribution in [3.05, 3.63) is 119 Å². The SMILES string of the molecule is Cc1nc(-c2cc(Cc3nc(-c4cccnc4C(C)C)c4n3CCN(c3ccc(N5CCCCC5=O)cc3)C4)cnc2C(C)C)c2n1CCN(c1ccc(-c3nnn(C)n3)cc1)C2. The molecule has 1 amide bonds. The summed E-state index contributed by atoms with van der Waals surface area (Å²) in [7, 11) is 1.78. The van der Waals surface area contributed by atoms with Gasteiger partial charge in [-0.25, -0.2) is 9.97 Å². The summed E-state index contributed by atoms with van der Waals surface area (Å²) >= 11 is 0. The number of aryl methyl sites for hydroxylation is 2. The lowest BCUT2D eigenvalue weighted by Gasteiger charge is -2.32. The highest BCUT2D eigenvalue weighted by atomic mass is 16.2. The number of tetrazole rings is 1. The fourth-order valence-electron chi connectivity index (χ4n) is 9.67. The maximum Gasteiger partial charge on any atom is 0.226 e. The molecule has 0 N–H and O–H groups in total. The number of hydrogen-bond acceptors (Lipinski definition) is 10. The lowest BCUT2D eigenvalue weighted by Crippen LogP contribution is -2.35. The second-order valence-corrected chi connectivity index (χ2v) is 17.8. The van der Waals surface area contributed by atoms with Crippen LogP contribution in [-0.4, -0.2) is 74.8 Å². The maximum atomic E-state index is 12.7. The van der Waals surface area contributed by atoms with Crippen molar-refractivity contribution in [2.75, 3.05) is 34.3 Å². The van der Waals surface area contributed by atoms with Gasteiger partial charge in [-0.1, -0.05) is 27.7 Å². The Morgan fingerprint density at radius 1 is 0.698 bits per heavy atom. The number of piperidine rings is 1. The number of aromatic nitrogens is 10. The summed E-state index contributed by atoms with van der Waals surface area (Å²) < 4.78 is 4.82. The van der Waals surface area contributed by atoms with E-state index in [1.807, 2.05) is 23.4 Å². The summed E-state index contributed by atoms with van der Waals surface area (Å²) in [6.45, 7) is 16.5. The molecule has 0 spiro atoms. The molecule has 2 aromatic carbocycles. The molecular formula is C49H55N13O. The number of anilines is 3. The highest BCUT2D eigenvalue weighted by Gasteiger charge is 2.30. The summed E-state index contributed by atoms with van der Waals surface area (Å²) in [5.74, 6) is 3.33. The Balaban J connectivity index is 0.974. The molecule has 0 unspecified atom stereocenters. The molecule has 14 nitrogen and oxygen atoms in total. The third kappa shape index (κ3) is 7.65. The van der Waals surface area contributed by atoms with Crippen molar-refractivity contribution in [3.63, 3.8) is 0 Å². The predicted octanol–water partition coefficient (Wildman–Crippen LogP) is 8.10. The number of pyridine rings is 2. The second kappa shape index (κ2) is 16.5. The molecule has 0 radical (unpaired) electrons. The smallest absolute Gasteiger partial charge is 0.226 e. The minimum atomic E-state index is 0.208. The lowest BCUT2D eigenvalue weighted by molar-refractivity contribution is -0.119. The highest BCUT2D eigenvalue weighted by molar-refractivity contribution is 5.94. The molecule has 8 heterocycles. The number of amides is 1. The van der Waals surface area contributed by atoms with Crippen LogP contribution in [-0.2, 0) is 44.4 Å². The van der Waals surface area contributed by atoms with E-state index in [2.05, 4.69) is 130 Å². The van der Waals surface area contributed by atoms with Crippen molar-refractivity contribution >= 4 is 23.0 Å². The van der Waals surface area contributed by atoms with Crippen LogP contribution in [0.2, 0.25) is 0 Å². The molecule has 0 atom stereocenters. The Morgan fingerprint density at radius 3 is 2.03 bits per heavy atom. The summed E-state index contributed by atoms with van der Waals surface area (Å²) in [6.07, 6.45) is 7.21. The first-order chi connectivity index (χ1) is 30.6. The Kier molecular flexibility index (Phi) is 10.6. The van der Waals surface area contributed by atoms with Crippen LogP contribution in [0.1, 0.15) is 98.8 Å². The Hall–Kier alpha value is -6.70. The van der Waals surface area contributed by atoms with Crippen molar-refractivity contribution in [2.45, 2.75) is 98.3 Å². The average Bonchev–Trinajstić information content (AvgIpc) is 4.00. The van der Waals surface area contributed by atoms with Gasteiger partial charge in [0.1, 0.15) is 11.6 Å². The number of carbonyl (C=O) groups excluding carboxylic acids is 1. The summed E-state index contributed by atoms with van der Waals surface area (Å²) in [4.78, 5) is 41.8. The summed E-state index contributed by atoms with van der Waals surface area (Å²) in [6, 6.07) is 23.5. The minimum absolute atomic E-state index is 0.208. The molecular weight excluding hydrogens is 787 g/mol. The van der Waals surface area contributed by atoms with E-state index in [0.717, 1.165) is 126 Å². The molecule has 63 heavy (non-hydrogen) atoms. The zero-order valence-electron chi connectivity index (χ0n) is 37.2. The number of rotatable bonds is 10. The fraction of sp³-hybridized carbons (Fsp3) is 0.388. The van der Waals surface area contributed by atoms with E-state index in [-0.39, 0.29) is 17.7 Å². The number of carbonyl (C=O) groups is 1. The van der Waals surface area contributed by atoms with Crippen molar-refractivity contribution in [1.29, 1.82) is 0 Å². The number of benzene rings is 2. The molecule has 10 rings (SSSR count). The van der Waals surface area contributed by atoms with Crippen LogP contribution >= 0.6 is 0 Å². The predicted molar refractivity (Wildman–Crippen MR) is 246 cm³/mol. The Labute approximate surface area is 368 Å². The number of nitrogens with zero attached hydrogens (tertiary/aromatic N) is 13. The number of imidazole rings is 2. The summed E-state index contributed by atoms with van der Waals surface area (Å²) in [5.41, 5.74) is 14.0. The third-order valence-corrected chi connectivity index (χ3v) is 12.9. The normalized spacial score (nSPS) is 15.4. The molecule has 3 aliphatic rings. The first kappa shape index (κ1) is 40.4. The fourth-order valence-corrected chi connectivity index (χ4v) is 9.67. The monoisotopic (exact) mass is 841 g/mol. The van der Waals surface area contributed by atoms with Crippen LogP contribution in [0.5, 0.6) is 0 Å². The number of fused-ring (bicyclic) bond motifs is 2. The average molecular weight is 842 g/mol. The molecule has 14 heteroatoms. The van der Waals surface area contributed by atoms with Crippen molar-refractivity contribution in [2.24, 2.45) is 7.05 Å². The van der Waals surface area contributed by atoms with Gasteiger partial charge < -0.3 is 23.8 Å². The molecule has 0 bridgehead atoms. The van der Waals surface area contributed by atoms with Crippen LogP contribution in [0.25, 0.3) is 33.9 Å². The molecule has 322 valence electrons. The first-order valence-corrected chi connectivity index (χ1v) is 22.4. The molecule has 1 fully saturated rings. The minimum Gasteiger partial charge on any atom is -0.364 e. The van der Waals surface area contributed by atoms with Gasteiger partial charge >= 0.3 is 0 Å². The van der Waals surface area contributed by atoms with Gasteiger partial charge in [-0.2, -0.15) is 4.80 Å². The van der Waals surface area contributed by atoms with Gasteiger partial charge in [0, 0.05) is 91.7 Å². The van der Waals surface area contributed by atoms with Crippen LogP contribution in [0, 0.1) is 6.92 Å². The summed E-state index contributed by atoms with van der Waals surface area (Å²) in [5, 5.41) is 12.6. The van der Waals surface area contributed by atoms with Gasteiger partial charge in [0.2, 0.25) is 11.7 Å². The Bertz CT molecular complexity index is 2800. The quantitative estimate of drug-likeness (QED) is 0.133. The largest absolute Gasteiger partial charge is 0.364 e. The van der Waals surface area contributed by atoms with E-state index in [9.17, 15) is 4.79 Å². The standard InChI is InChI=1S/C49H55N13O/c1-31(2)45-39(10-9-20-50-45)47-42-30-59(37-16-18-38(19-17-37)61-21-8-7-11-44(61)63)23-25-62(42)43(53-47)27-34-26-40(46(32(3)4)51-28-34)48-41-29-58(22-24-60(41)33(5)52-48)36-14-12-35(13-15-36)49-54-56-57(6)55-49/h9-10,12-20,26,28,31-32H,7-8,11,21-25,27,29-30H2,1-6H3. The van der Waals surface area contributed by atoms with Gasteiger partial charge in [-0.15, -0.1) is 10.2 Å². The first-order valence-electron chi connectivity index (χ1n) is 22.4. The number of hydrogen-bond donors (Lipinski definition) is 0. The van der Waals surface area contributed by atoms with Gasteiger partial charge in [0.05, 0.1) is 54.3 Å².